The highest BCUT2D eigenvalue weighted by Gasteiger charge is 2.30. The summed E-state index contributed by atoms with van der Waals surface area (Å²) in [6.07, 6.45) is 3.19. The minimum atomic E-state index is -3.60. The highest BCUT2D eigenvalue weighted by atomic mass is 32.2. The molecule has 1 aliphatic heterocycles. The third-order valence-corrected chi connectivity index (χ3v) is 5.04. The van der Waals surface area contributed by atoms with Crippen molar-refractivity contribution < 1.29 is 13.2 Å². The maximum atomic E-state index is 12.4. The van der Waals surface area contributed by atoms with Crippen LogP contribution in [0.4, 0.5) is 5.69 Å². The van der Waals surface area contributed by atoms with Gasteiger partial charge in [-0.3, -0.25) is 0 Å². The van der Waals surface area contributed by atoms with Crippen molar-refractivity contribution >= 4 is 15.7 Å². The molecular formula is C13H21N3O3S. The second kappa shape index (κ2) is 6.07. The van der Waals surface area contributed by atoms with E-state index in [4.69, 9.17) is 4.74 Å². The largest absolute Gasteiger partial charge is 0.386 e. The van der Waals surface area contributed by atoms with E-state index >= 15 is 0 Å². The molecule has 0 spiro atoms. The topological polar surface area (TPSA) is 80.3 Å². The molecule has 0 radical (unpaired) electrons. The summed E-state index contributed by atoms with van der Waals surface area (Å²) in [6.45, 7) is 3.85. The van der Waals surface area contributed by atoms with Crippen LogP contribution in [0.2, 0.25) is 0 Å². The third kappa shape index (κ3) is 3.47. The molecule has 2 heterocycles. The summed E-state index contributed by atoms with van der Waals surface area (Å²) in [5.74, 6) is 0. The van der Waals surface area contributed by atoms with Crippen molar-refractivity contribution in [3.63, 3.8) is 0 Å². The minimum Gasteiger partial charge on any atom is -0.386 e. The lowest BCUT2D eigenvalue weighted by atomic mass is 9.83. The summed E-state index contributed by atoms with van der Waals surface area (Å²) in [7, 11) is -1.93. The predicted molar refractivity (Wildman–Crippen MR) is 77.1 cm³/mol. The monoisotopic (exact) mass is 299 g/mol. The van der Waals surface area contributed by atoms with Crippen LogP contribution in [0.1, 0.15) is 19.8 Å². The Kier molecular flexibility index (Phi) is 4.62. The Balaban J connectivity index is 2.11. The maximum absolute atomic E-state index is 12.4. The average Bonchev–Trinajstić information content (AvgIpc) is 2.46. The van der Waals surface area contributed by atoms with Crippen LogP contribution in [0.3, 0.4) is 0 Å². The number of rotatable bonds is 5. The van der Waals surface area contributed by atoms with Gasteiger partial charge < -0.3 is 10.1 Å². The molecule has 2 rings (SSSR count). The molecule has 1 aromatic heterocycles. The van der Waals surface area contributed by atoms with Gasteiger partial charge >= 0.3 is 0 Å². The molecule has 1 saturated heterocycles. The van der Waals surface area contributed by atoms with Crippen LogP contribution in [-0.2, 0) is 14.8 Å². The SMILES string of the molecule is CNc1cccnc1S(=O)(=O)NCC1(C)CCOCC1. The predicted octanol–water partition coefficient (Wildman–Crippen LogP) is 1.22. The zero-order valence-electron chi connectivity index (χ0n) is 11.8. The first-order chi connectivity index (χ1) is 9.47. The standard InChI is InChI=1S/C13H21N3O3S/c1-13(5-8-19-9-6-13)10-16-20(17,18)12-11(14-2)4-3-7-15-12/h3-4,7,14,16H,5-6,8-10H2,1-2H3. The van der Waals surface area contributed by atoms with E-state index in [-0.39, 0.29) is 10.4 Å². The van der Waals surface area contributed by atoms with Crippen molar-refractivity contribution in [3.8, 4) is 0 Å². The summed E-state index contributed by atoms with van der Waals surface area (Å²) in [5, 5.41) is 2.89. The molecule has 112 valence electrons. The fourth-order valence-electron chi connectivity index (χ4n) is 2.17. The molecule has 6 nitrogen and oxygen atoms in total. The van der Waals surface area contributed by atoms with Crippen molar-refractivity contribution in [1.82, 2.24) is 9.71 Å². The van der Waals surface area contributed by atoms with Gasteiger partial charge in [-0.1, -0.05) is 6.92 Å². The lowest BCUT2D eigenvalue weighted by Gasteiger charge is -2.33. The Morgan fingerprint density at radius 1 is 1.40 bits per heavy atom. The number of pyridine rings is 1. The van der Waals surface area contributed by atoms with Crippen LogP contribution >= 0.6 is 0 Å². The zero-order valence-corrected chi connectivity index (χ0v) is 12.7. The quantitative estimate of drug-likeness (QED) is 0.854. The van der Waals surface area contributed by atoms with Crippen molar-refractivity contribution in [1.29, 1.82) is 0 Å². The van der Waals surface area contributed by atoms with Gasteiger partial charge in [0.15, 0.2) is 5.03 Å². The van der Waals surface area contributed by atoms with E-state index in [0.29, 0.717) is 25.4 Å². The number of hydrogen-bond donors (Lipinski definition) is 2. The van der Waals surface area contributed by atoms with Crippen molar-refractivity contribution in [2.24, 2.45) is 5.41 Å². The summed E-state index contributed by atoms with van der Waals surface area (Å²) in [6, 6.07) is 3.39. The van der Waals surface area contributed by atoms with E-state index in [2.05, 4.69) is 21.9 Å². The second-order valence-electron chi connectivity index (χ2n) is 5.35. The molecule has 0 aliphatic carbocycles. The molecule has 0 atom stereocenters. The Bertz CT molecular complexity index is 554. The van der Waals surface area contributed by atoms with Crippen LogP contribution in [0.25, 0.3) is 0 Å². The summed E-state index contributed by atoms with van der Waals surface area (Å²) in [5.41, 5.74) is 0.442. The molecule has 2 N–H and O–H groups in total. The molecule has 0 saturated carbocycles. The second-order valence-corrected chi connectivity index (χ2v) is 7.04. The van der Waals surface area contributed by atoms with Crippen molar-refractivity contribution in [3.05, 3.63) is 18.3 Å². The molecule has 0 amide bonds. The molecule has 0 aromatic carbocycles. The Labute approximate surface area is 120 Å². The zero-order chi connectivity index (χ0) is 14.6. The van der Waals surface area contributed by atoms with Crippen LogP contribution in [-0.4, -0.2) is 40.2 Å². The van der Waals surface area contributed by atoms with E-state index in [9.17, 15) is 8.42 Å². The normalized spacial score (nSPS) is 18.7. The molecule has 1 aliphatic rings. The molecule has 0 bridgehead atoms. The van der Waals surface area contributed by atoms with E-state index in [1.54, 1.807) is 19.2 Å². The first-order valence-electron chi connectivity index (χ1n) is 6.67. The summed E-state index contributed by atoms with van der Waals surface area (Å²) >= 11 is 0. The fraction of sp³-hybridized carbons (Fsp3) is 0.615. The summed E-state index contributed by atoms with van der Waals surface area (Å²) in [4.78, 5) is 3.97. The molecule has 20 heavy (non-hydrogen) atoms. The summed E-state index contributed by atoms with van der Waals surface area (Å²) < 4.78 is 32.7. The van der Waals surface area contributed by atoms with E-state index in [1.165, 1.54) is 6.20 Å². The molecule has 0 unspecified atom stereocenters. The number of nitrogens with zero attached hydrogens (tertiary/aromatic N) is 1. The van der Waals surface area contributed by atoms with Crippen LogP contribution in [0, 0.1) is 5.41 Å². The van der Waals surface area contributed by atoms with Crippen LogP contribution in [0.5, 0.6) is 0 Å². The van der Waals surface area contributed by atoms with Gasteiger partial charge in [-0.25, -0.2) is 18.1 Å². The maximum Gasteiger partial charge on any atom is 0.260 e. The lowest BCUT2D eigenvalue weighted by Crippen LogP contribution is -2.39. The number of aromatic nitrogens is 1. The van der Waals surface area contributed by atoms with Gasteiger partial charge in [-0.05, 0) is 30.4 Å². The van der Waals surface area contributed by atoms with E-state index < -0.39 is 10.0 Å². The van der Waals surface area contributed by atoms with Gasteiger partial charge in [0.2, 0.25) is 0 Å². The van der Waals surface area contributed by atoms with Gasteiger partial charge in [0.1, 0.15) is 0 Å². The molecule has 1 fully saturated rings. The number of sulfonamides is 1. The number of ether oxygens (including phenoxy) is 1. The molecule has 7 heteroatoms. The van der Waals surface area contributed by atoms with Crippen molar-refractivity contribution in [2.75, 3.05) is 32.1 Å². The van der Waals surface area contributed by atoms with Crippen molar-refractivity contribution in [2.45, 2.75) is 24.8 Å². The third-order valence-electron chi connectivity index (χ3n) is 3.68. The van der Waals surface area contributed by atoms with E-state index in [0.717, 1.165) is 12.8 Å². The van der Waals surface area contributed by atoms with Gasteiger partial charge in [0, 0.05) is 33.0 Å². The fourth-order valence-corrected chi connectivity index (χ4v) is 3.51. The lowest BCUT2D eigenvalue weighted by molar-refractivity contribution is 0.0264. The smallest absolute Gasteiger partial charge is 0.260 e. The Morgan fingerprint density at radius 2 is 2.10 bits per heavy atom. The van der Waals surface area contributed by atoms with Gasteiger partial charge in [0.05, 0.1) is 5.69 Å². The van der Waals surface area contributed by atoms with Gasteiger partial charge in [-0.2, -0.15) is 0 Å². The number of nitrogens with one attached hydrogen (secondary N) is 2. The minimum absolute atomic E-state index is 0.0400. The van der Waals surface area contributed by atoms with E-state index in [1.807, 2.05) is 0 Å². The highest BCUT2D eigenvalue weighted by molar-refractivity contribution is 7.89. The van der Waals surface area contributed by atoms with Gasteiger partial charge in [-0.15, -0.1) is 0 Å². The number of anilines is 1. The first-order valence-corrected chi connectivity index (χ1v) is 8.15. The first kappa shape index (κ1) is 15.2. The Morgan fingerprint density at radius 3 is 2.75 bits per heavy atom. The highest BCUT2D eigenvalue weighted by Crippen LogP contribution is 2.29. The van der Waals surface area contributed by atoms with Gasteiger partial charge in [0.25, 0.3) is 10.0 Å². The van der Waals surface area contributed by atoms with Crippen LogP contribution < -0.4 is 10.0 Å². The Hall–Kier alpha value is -1.18. The van der Waals surface area contributed by atoms with Crippen LogP contribution in [0.15, 0.2) is 23.4 Å². The molecule has 1 aromatic rings. The molecular weight excluding hydrogens is 278 g/mol. The average molecular weight is 299 g/mol. The number of hydrogen-bond acceptors (Lipinski definition) is 5.